The van der Waals surface area contributed by atoms with E-state index in [0.717, 1.165) is 36.9 Å². The predicted octanol–water partition coefficient (Wildman–Crippen LogP) is 2.33. The minimum absolute atomic E-state index is 0.0498. The Balaban J connectivity index is 1.31. The van der Waals surface area contributed by atoms with Gasteiger partial charge in [-0.05, 0) is 37.5 Å². The number of aliphatic imine (C=N–C) groups is 2. The third-order valence-electron chi connectivity index (χ3n) is 4.94. The molecule has 10 heteroatoms. The van der Waals surface area contributed by atoms with Gasteiger partial charge >= 0.3 is 0 Å². The number of carbonyl (C=O) groups excluding carboxylic acids is 3. The van der Waals surface area contributed by atoms with E-state index in [1.807, 2.05) is 0 Å². The van der Waals surface area contributed by atoms with Gasteiger partial charge < -0.3 is 15.5 Å². The fraction of sp³-hybridized carbons (Fsp3) is 0.450. The van der Waals surface area contributed by atoms with Gasteiger partial charge in [0.05, 0.1) is 6.54 Å². The molecular weight excluding hydrogens is 422 g/mol. The topological polar surface area (TPSA) is 103 Å². The molecule has 0 radical (unpaired) electrons. The van der Waals surface area contributed by atoms with Gasteiger partial charge in [-0.1, -0.05) is 29.6 Å². The van der Waals surface area contributed by atoms with Crippen LogP contribution in [-0.4, -0.2) is 63.6 Å². The monoisotopic (exact) mass is 445 g/mol. The minimum atomic E-state index is -0.495. The van der Waals surface area contributed by atoms with Crippen molar-refractivity contribution < 1.29 is 14.4 Å². The summed E-state index contributed by atoms with van der Waals surface area (Å²) in [5, 5.41) is 6.42. The van der Waals surface area contributed by atoms with E-state index in [1.165, 1.54) is 29.9 Å². The van der Waals surface area contributed by atoms with E-state index in [-0.39, 0.29) is 24.1 Å². The number of nitrogens with one attached hydrogen (secondary N) is 2. The van der Waals surface area contributed by atoms with Crippen LogP contribution in [0.4, 0.5) is 5.69 Å². The second-order valence-corrected chi connectivity index (χ2v) is 9.46. The van der Waals surface area contributed by atoms with E-state index >= 15 is 0 Å². The normalized spacial score (nSPS) is 21.3. The molecule has 1 saturated heterocycles. The number of thioether (sulfide) groups is 2. The third-order valence-corrected chi connectivity index (χ3v) is 7.05. The quantitative estimate of drug-likeness (QED) is 0.737. The van der Waals surface area contributed by atoms with Gasteiger partial charge in [0, 0.05) is 36.5 Å². The number of hydrogen-bond donors (Lipinski definition) is 2. The molecule has 158 valence electrons. The van der Waals surface area contributed by atoms with Crippen molar-refractivity contribution in [2.45, 2.75) is 30.9 Å². The summed E-state index contributed by atoms with van der Waals surface area (Å²) in [5.41, 5.74) is 0.950. The highest BCUT2D eigenvalue weighted by Gasteiger charge is 2.33. The van der Waals surface area contributed by atoms with Crippen molar-refractivity contribution in [3.05, 3.63) is 29.8 Å². The molecule has 0 unspecified atom stereocenters. The molecular formula is C20H23N5O3S2. The zero-order valence-corrected chi connectivity index (χ0v) is 18.1. The summed E-state index contributed by atoms with van der Waals surface area (Å²) in [6.45, 7) is 2.53. The van der Waals surface area contributed by atoms with Crippen LogP contribution in [0.3, 0.4) is 0 Å². The lowest BCUT2D eigenvalue weighted by molar-refractivity contribution is -0.121. The molecule has 0 aromatic heterocycles. The van der Waals surface area contributed by atoms with Crippen LogP contribution in [-0.2, 0) is 9.59 Å². The molecule has 4 rings (SSSR count). The van der Waals surface area contributed by atoms with Gasteiger partial charge in [-0.25, -0.2) is 0 Å². The Kier molecular flexibility index (Phi) is 6.73. The molecule has 1 aromatic rings. The molecule has 1 aromatic carbocycles. The van der Waals surface area contributed by atoms with Crippen molar-refractivity contribution in [3.8, 4) is 0 Å². The molecule has 0 bridgehead atoms. The minimum Gasteiger partial charge on any atom is -0.351 e. The molecule has 3 amide bonds. The Hall–Kier alpha value is -2.33. The Morgan fingerprint density at radius 2 is 2.00 bits per heavy atom. The van der Waals surface area contributed by atoms with Crippen molar-refractivity contribution in [2.75, 3.05) is 30.7 Å². The molecule has 1 fully saturated rings. The Morgan fingerprint density at radius 3 is 2.77 bits per heavy atom. The van der Waals surface area contributed by atoms with Gasteiger partial charge in [-0.2, -0.15) is 4.99 Å². The Bertz CT molecular complexity index is 911. The first kappa shape index (κ1) is 20.9. The number of piperidine rings is 1. The number of amidine groups is 2. The van der Waals surface area contributed by atoms with Gasteiger partial charge in [0.2, 0.25) is 5.91 Å². The summed E-state index contributed by atoms with van der Waals surface area (Å²) < 4.78 is 0. The third kappa shape index (κ3) is 5.23. The number of rotatable bonds is 4. The van der Waals surface area contributed by atoms with Crippen LogP contribution in [0.15, 0.2) is 34.3 Å². The average molecular weight is 446 g/mol. The van der Waals surface area contributed by atoms with Crippen molar-refractivity contribution in [3.63, 3.8) is 0 Å². The van der Waals surface area contributed by atoms with Crippen LogP contribution >= 0.6 is 23.5 Å². The van der Waals surface area contributed by atoms with Gasteiger partial charge in [0.1, 0.15) is 5.25 Å². The van der Waals surface area contributed by atoms with E-state index < -0.39 is 5.25 Å². The number of amides is 3. The van der Waals surface area contributed by atoms with Crippen LogP contribution in [0.5, 0.6) is 0 Å². The Labute approximate surface area is 183 Å². The zero-order chi connectivity index (χ0) is 20.9. The number of anilines is 1. The zero-order valence-electron chi connectivity index (χ0n) is 16.4. The molecule has 8 nitrogen and oxygen atoms in total. The fourth-order valence-electron chi connectivity index (χ4n) is 3.43. The molecule has 1 atom stereocenters. The highest BCUT2D eigenvalue weighted by molar-refractivity contribution is 8.15. The maximum absolute atomic E-state index is 12.5. The summed E-state index contributed by atoms with van der Waals surface area (Å²) in [6, 6.07) is 6.73. The first-order chi connectivity index (χ1) is 14.6. The van der Waals surface area contributed by atoms with Crippen molar-refractivity contribution in [2.24, 2.45) is 9.98 Å². The van der Waals surface area contributed by atoms with Crippen molar-refractivity contribution in [1.29, 1.82) is 0 Å². The van der Waals surface area contributed by atoms with E-state index in [4.69, 9.17) is 0 Å². The first-order valence-corrected chi connectivity index (χ1v) is 11.9. The summed E-state index contributed by atoms with van der Waals surface area (Å²) in [7, 11) is 0. The van der Waals surface area contributed by atoms with Crippen LogP contribution < -0.4 is 10.6 Å². The number of hydrogen-bond acceptors (Lipinski definition) is 7. The van der Waals surface area contributed by atoms with Crippen LogP contribution in [0.2, 0.25) is 0 Å². The lowest BCUT2D eigenvalue weighted by atomic mass is 10.1. The molecule has 0 saturated carbocycles. The smallest absolute Gasteiger partial charge is 0.262 e. The average Bonchev–Trinajstić information content (AvgIpc) is 3.39. The first-order valence-electron chi connectivity index (χ1n) is 10.0. The molecule has 3 aliphatic rings. The molecule has 0 spiro atoms. The van der Waals surface area contributed by atoms with Gasteiger partial charge in [0.25, 0.3) is 11.8 Å². The highest BCUT2D eigenvalue weighted by Crippen LogP contribution is 2.29. The van der Waals surface area contributed by atoms with Crippen LogP contribution in [0.1, 0.15) is 36.0 Å². The number of benzene rings is 1. The number of carbonyl (C=O) groups is 3. The molecule has 3 heterocycles. The second-order valence-electron chi connectivity index (χ2n) is 7.21. The standard InChI is InChI=1S/C20H23N5O3S2/c26-16(12-15-18(28)24-20(30-15)25-8-2-1-3-9-25)22-14-6-4-5-13(11-14)17(27)23-19-21-7-10-29-19/h4-6,11,15H,1-3,7-10,12H2,(H,22,26)(H,21,23,27)/t15-/m0/s1. The van der Waals surface area contributed by atoms with E-state index in [0.29, 0.717) is 23.0 Å². The maximum atomic E-state index is 12.5. The second kappa shape index (κ2) is 9.65. The largest absolute Gasteiger partial charge is 0.351 e. The summed E-state index contributed by atoms with van der Waals surface area (Å²) in [4.78, 5) is 47.6. The van der Waals surface area contributed by atoms with E-state index in [1.54, 1.807) is 24.3 Å². The highest BCUT2D eigenvalue weighted by atomic mass is 32.2. The summed E-state index contributed by atoms with van der Waals surface area (Å²) >= 11 is 2.88. The fourth-order valence-corrected chi connectivity index (χ4v) is 5.27. The van der Waals surface area contributed by atoms with E-state index in [9.17, 15) is 14.4 Å². The molecule has 0 aliphatic carbocycles. The predicted molar refractivity (Wildman–Crippen MR) is 121 cm³/mol. The summed E-state index contributed by atoms with van der Waals surface area (Å²) in [6.07, 6.45) is 3.47. The van der Waals surface area contributed by atoms with Crippen LogP contribution in [0, 0.1) is 0 Å². The van der Waals surface area contributed by atoms with Gasteiger partial charge in [-0.15, -0.1) is 0 Å². The lowest BCUT2D eigenvalue weighted by Gasteiger charge is -2.27. The molecule has 2 N–H and O–H groups in total. The van der Waals surface area contributed by atoms with Crippen LogP contribution in [0.25, 0.3) is 0 Å². The summed E-state index contributed by atoms with van der Waals surface area (Å²) in [5.74, 6) is 0.0792. The van der Waals surface area contributed by atoms with Crippen molar-refractivity contribution in [1.82, 2.24) is 10.2 Å². The molecule has 3 aliphatic heterocycles. The lowest BCUT2D eigenvalue weighted by Crippen LogP contribution is -2.33. The van der Waals surface area contributed by atoms with E-state index in [2.05, 4.69) is 25.5 Å². The number of nitrogens with zero attached hydrogens (tertiary/aromatic N) is 3. The SMILES string of the molecule is O=C(C[C@@H]1SC(N2CCCCC2)=NC1=O)Nc1cccc(C(=O)NC2=NCCS2)c1. The molecule has 30 heavy (non-hydrogen) atoms. The number of likely N-dealkylation sites (tertiary alicyclic amines) is 1. The van der Waals surface area contributed by atoms with Gasteiger partial charge in [-0.3, -0.25) is 19.4 Å². The Morgan fingerprint density at radius 1 is 1.17 bits per heavy atom. The van der Waals surface area contributed by atoms with Crippen molar-refractivity contribution >= 4 is 57.3 Å². The van der Waals surface area contributed by atoms with Gasteiger partial charge in [0.15, 0.2) is 10.3 Å². The maximum Gasteiger partial charge on any atom is 0.262 e.